The van der Waals surface area contributed by atoms with Gasteiger partial charge in [-0.3, -0.25) is 0 Å². The topological polar surface area (TPSA) is 40.2 Å². The minimum absolute atomic E-state index is 0.796. The van der Waals surface area contributed by atoms with Crippen LogP contribution in [-0.2, 0) is 6.54 Å². The molecule has 0 N–H and O–H groups in total. The number of methoxy groups -OCH3 is 1. The molecule has 0 atom stereocenters. The van der Waals surface area contributed by atoms with Crippen LogP contribution in [0, 0.1) is 0 Å². The molecule has 0 saturated heterocycles. The molecule has 2 aromatic heterocycles. The predicted molar refractivity (Wildman–Crippen MR) is 74.3 cm³/mol. The van der Waals surface area contributed by atoms with Gasteiger partial charge >= 0.3 is 0 Å². The summed E-state index contributed by atoms with van der Waals surface area (Å²) in [5.74, 6) is 1.66. The first kappa shape index (κ1) is 11.8. The molecule has 19 heavy (non-hydrogen) atoms. The van der Waals surface area contributed by atoms with Crippen molar-refractivity contribution >= 4 is 10.9 Å². The van der Waals surface area contributed by atoms with Gasteiger partial charge in [-0.2, -0.15) is 0 Å². The second-order valence-corrected chi connectivity index (χ2v) is 4.48. The highest BCUT2D eigenvalue weighted by Gasteiger charge is 2.13. The summed E-state index contributed by atoms with van der Waals surface area (Å²) in [5.41, 5.74) is 2.23. The number of rotatable bonds is 4. The maximum atomic E-state index is 5.42. The van der Waals surface area contributed by atoms with E-state index in [2.05, 4.69) is 34.8 Å². The molecule has 0 fully saturated rings. The Hall–Kier alpha value is -2.23. The van der Waals surface area contributed by atoms with Crippen molar-refractivity contribution in [2.24, 2.45) is 0 Å². The summed E-state index contributed by atoms with van der Waals surface area (Å²) >= 11 is 0. The van der Waals surface area contributed by atoms with E-state index in [1.165, 1.54) is 6.39 Å². The standard InChI is InChI=1S/C15H16N2O2/c1-3-6-17-9-13(15-8-16-10-19-15)12-5-4-11(18-2)7-14(12)17/h4-5,7-10H,3,6H2,1-2H3. The van der Waals surface area contributed by atoms with E-state index in [0.29, 0.717) is 0 Å². The normalized spacial score (nSPS) is 11.1. The van der Waals surface area contributed by atoms with Gasteiger partial charge in [0.25, 0.3) is 0 Å². The fourth-order valence-electron chi connectivity index (χ4n) is 2.37. The number of aryl methyl sites for hydroxylation is 1. The van der Waals surface area contributed by atoms with Crippen LogP contribution in [0.1, 0.15) is 13.3 Å². The van der Waals surface area contributed by atoms with Crippen LogP contribution in [0.25, 0.3) is 22.2 Å². The first-order valence-electron chi connectivity index (χ1n) is 6.39. The van der Waals surface area contributed by atoms with E-state index in [4.69, 9.17) is 9.15 Å². The Morgan fingerprint density at radius 3 is 2.95 bits per heavy atom. The summed E-state index contributed by atoms with van der Waals surface area (Å²) in [4.78, 5) is 3.99. The van der Waals surface area contributed by atoms with Gasteiger partial charge in [-0.25, -0.2) is 4.98 Å². The molecule has 4 nitrogen and oxygen atoms in total. The molecule has 0 bridgehead atoms. The van der Waals surface area contributed by atoms with Gasteiger partial charge in [0.15, 0.2) is 12.2 Å². The fraction of sp³-hybridized carbons (Fsp3) is 0.267. The lowest BCUT2D eigenvalue weighted by molar-refractivity contribution is 0.415. The number of hydrogen-bond acceptors (Lipinski definition) is 3. The van der Waals surface area contributed by atoms with Gasteiger partial charge < -0.3 is 13.7 Å². The molecule has 98 valence electrons. The molecule has 0 aliphatic rings. The number of aromatic nitrogens is 2. The van der Waals surface area contributed by atoms with E-state index in [1.807, 2.05) is 6.07 Å². The summed E-state index contributed by atoms with van der Waals surface area (Å²) in [6, 6.07) is 6.10. The summed E-state index contributed by atoms with van der Waals surface area (Å²) in [5, 5.41) is 1.16. The highest BCUT2D eigenvalue weighted by molar-refractivity contribution is 5.95. The van der Waals surface area contributed by atoms with Crippen molar-refractivity contribution in [2.45, 2.75) is 19.9 Å². The molecule has 0 saturated carbocycles. The minimum Gasteiger partial charge on any atom is -0.497 e. The van der Waals surface area contributed by atoms with Gasteiger partial charge in [-0.05, 0) is 18.6 Å². The predicted octanol–water partition coefficient (Wildman–Crippen LogP) is 3.71. The molecule has 0 aliphatic carbocycles. The molecule has 3 rings (SSSR count). The van der Waals surface area contributed by atoms with Gasteiger partial charge in [0.2, 0.25) is 0 Å². The Balaban J connectivity index is 2.23. The Bertz CT molecular complexity index is 684. The number of fused-ring (bicyclic) bond motifs is 1. The van der Waals surface area contributed by atoms with Crippen LogP contribution < -0.4 is 4.74 Å². The van der Waals surface area contributed by atoms with Gasteiger partial charge in [-0.1, -0.05) is 6.92 Å². The average Bonchev–Trinajstić information content (AvgIpc) is 3.06. The number of hydrogen-bond donors (Lipinski definition) is 0. The Labute approximate surface area is 111 Å². The third kappa shape index (κ3) is 1.99. The third-order valence-electron chi connectivity index (χ3n) is 3.25. The summed E-state index contributed by atoms with van der Waals surface area (Å²) in [6.07, 6.45) is 6.40. The second kappa shape index (κ2) is 4.80. The summed E-state index contributed by atoms with van der Waals surface area (Å²) < 4.78 is 13.0. The monoisotopic (exact) mass is 256 g/mol. The van der Waals surface area contributed by atoms with E-state index in [-0.39, 0.29) is 0 Å². The van der Waals surface area contributed by atoms with Crippen LogP contribution in [0.15, 0.2) is 41.4 Å². The average molecular weight is 256 g/mol. The highest BCUT2D eigenvalue weighted by atomic mass is 16.5. The van der Waals surface area contributed by atoms with E-state index in [0.717, 1.165) is 40.9 Å². The Morgan fingerprint density at radius 2 is 2.26 bits per heavy atom. The number of benzene rings is 1. The number of oxazole rings is 1. The molecular weight excluding hydrogens is 240 g/mol. The Kier molecular flexibility index (Phi) is 2.99. The van der Waals surface area contributed by atoms with E-state index < -0.39 is 0 Å². The molecule has 0 spiro atoms. The van der Waals surface area contributed by atoms with Crippen LogP contribution in [0.3, 0.4) is 0 Å². The van der Waals surface area contributed by atoms with Crippen molar-refractivity contribution in [1.29, 1.82) is 0 Å². The fourth-order valence-corrected chi connectivity index (χ4v) is 2.37. The maximum Gasteiger partial charge on any atom is 0.181 e. The van der Waals surface area contributed by atoms with Gasteiger partial charge in [0.1, 0.15) is 5.75 Å². The van der Waals surface area contributed by atoms with Crippen molar-refractivity contribution in [2.75, 3.05) is 7.11 Å². The number of nitrogens with zero attached hydrogens (tertiary/aromatic N) is 2. The number of ether oxygens (including phenoxy) is 1. The lowest BCUT2D eigenvalue weighted by atomic mass is 10.1. The SMILES string of the molecule is CCCn1cc(-c2cnco2)c2ccc(OC)cc21. The highest BCUT2D eigenvalue weighted by Crippen LogP contribution is 2.32. The molecule has 4 heteroatoms. The first-order chi connectivity index (χ1) is 9.33. The van der Waals surface area contributed by atoms with Crippen LogP contribution in [-0.4, -0.2) is 16.7 Å². The van der Waals surface area contributed by atoms with Crippen molar-refractivity contribution in [3.8, 4) is 17.1 Å². The molecule has 0 aliphatic heterocycles. The molecule has 1 aromatic carbocycles. The molecule has 2 heterocycles. The minimum atomic E-state index is 0.796. The largest absolute Gasteiger partial charge is 0.497 e. The van der Waals surface area contributed by atoms with Crippen molar-refractivity contribution < 1.29 is 9.15 Å². The lowest BCUT2D eigenvalue weighted by Gasteiger charge is -2.04. The van der Waals surface area contributed by atoms with E-state index >= 15 is 0 Å². The maximum absolute atomic E-state index is 5.42. The summed E-state index contributed by atoms with van der Waals surface area (Å²) in [6.45, 7) is 3.14. The molecule has 3 aromatic rings. The third-order valence-corrected chi connectivity index (χ3v) is 3.25. The smallest absolute Gasteiger partial charge is 0.181 e. The molecule has 0 radical (unpaired) electrons. The van der Waals surface area contributed by atoms with Crippen molar-refractivity contribution in [1.82, 2.24) is 9.55 Å². The zero-order chi connectivity index (χ0) is 13.2. The quantitative estimate of drug-likeness (QED) is 0.714. The van der Waals surface area contributed by atoms with Crippen molar-refractivity contribution in [3.05, 3.63) is 37.0 Å². The zero-order valence-corrected chi connectivity index (χ0v) is 11.1. The molecule has 0 amide bonds. The zero-order valence-electron chi connectivity index (χ0n) is 11.1. The Morgan fingerprint density at radius 1 is 1.37 bits per heavy atom. The van der Waals surface area contributed by atoms with Crippen LogP contribution in [0.5, 0.6) is 5.75 Å². The lowest BCUT2D eigenvalue weighted by Crippen LogP contribution is -1.94. The second-order valence-electron chi connectivity index (χ2n) is 4.48. The van der Waals surface area contributed by atoms with Crippen molar-refractivity contribution in [3.63, 3.8) is 0 Å². The van der Waals surface area contributed by atoms with Crippen LogP contribution >= 0.6 is 0 Å². The van der Waals surface area contributed by atoms with Gasteiger partial charge in [0.05, 0.1) is 18.8 Å². The van der Waals surface area contributed by atoms with Gasteiger partial charge in [0, 0.05) is 29.8 Å². The van der Waals surface area contributed by atoms with Gasteiger partial charge in [-0.15, -0.1) is 0 Å². The molecular formula is C15H16N2O2. The van der Waals surface area contributed by atoms with E-state index in [1.54, 1.807) is 13.3 Å². The summed E-state index contributed by atoms with van der Waals surface area (Å²) in [7, 11) is 1.69. The molecule has 0 unspecified atom stereocenters. The van der Waals surface area contributed by atoms with E-state index in [9.17, 15) is 0 Å². The van der Waals surface area contributed by atoms with Crippen LogP contribution in [0.4, 0.5) is 0 Å². The first-order valence-corrected chi connectivity index (χ1v) is 6.39. The van der Waals surface area contributed by atoms with Crippen LogP contribution in [0.2, 0.25) is 0 Å².